The molecule has 0 radical (unpaired) electrons. The van der Waals surface area contributed by atoms with Gasteiger partial charge in [-0.2, -0.15) is 0 Å². The number of likely N-dealkylation sites (tertiary alicyclic amines) is 1. The van der Waals surface area contributed by atoms with E-state index in [1.165, 1.54) is 0 Å². The van der Waals surface area contributed by atoms with Gasteiger partial charge in [0.15, 0.2) is 0 Å². The lowest BCUT2D eigenvalue weighted by atomic mass is 10.1. The van der Waals surface area contributed by atoms with Crippen LogP contribution >= 0.6 is 0 Å². The van der Waals surface area contributed by atoms with E-state index in [0.29, 0.717) is 18.5 Å². The first-order valence-electron chi connectivity index (χ1n) is 8.65. The topological polar surface area (TPSA) is 62.3 Å². The fraction of sp³-hybridized carbons (Fsp3) is 0.421. The molecule has 0 unspecified atom stereocenters. The lowest BCUT2D eigenvalue weighted by Gasteiger charge is -2.20. The predicted octanol–water partition coefficient (Wildman–Crippen LogP) is 2.76. The maximum absolute atomic E-state index is 12.4. The fourth-order valence-electron chi connectivity index (χ4n) is 3.14. The molecular weight excluding hydrogens is 302 g/mol. The van der Waals surface area contributed by atoms with Gasteiger partial charge in [0, 0.05) is 37.6 Å². The number of rotatable bonds is 5. The summed E-state index contributed by atoms with van der Waals surface area (Å²) >= 11 is 0. The summed E-state index contributed by atoms with van der Waals surface area (Å²) < 4.78 is 0. The number of aromatic nitrogens is 1. The van der Waals surface area contributed by atoms with Crippen LogP contribution in [-0.2, 0) is 4.79 Å². The minimum atomic E-state index is -0.0872. The van der Waals surface area contributed by atoms with Crippen molar-refractivity contribution in [2.75, 3.05) is 19.6 Å². The summed E-state index contributed by atoms with van der Waals surface area (Å²) in [6.45, 7) is 2.14. The van der Waals surface area contributed by atoms with Crippen molar-refractivity contribution in [2.24, 2.45) is 0 Å². The summed E-state index contributed by atoms with van der Waals surface area (Å²) in [5.41, 5.74) is 1.46. The Kier molecular flexibility index (Phi) is 5.41. The van der Waals surface area contributed by atoms with Gasteiger partial charge >= 0.3 is 0 Å². The number of carbonyl (C=O) groups is 2. The molecule has 1 N–H and O–H groups in total. The molecule has 1 aromatic carbocycles. The van der Waals surface area contributed by atoms with Crippen LogP contribution in [0.2, 0.25) is 0 Å². The smallest absolute Gasteiger partial charge is 0.252 e. The quantitative estimate of drug-likeness (QED) is 0.860. The molecule has 126 valence electrons. The molecular formula is C19H23N3O2. The number of nitrogens with one attached hydrogen (secondary N) is 1. The largest absolute Gasteiger partial charge is 0.352 e. The summed E-state index contributed by atoms with van der Waals surface area (Å²) in [6.07, 6.45) is 6.32. The van der Waals surface area contributed by atoms with Crippen molar-refractivity contribution in [3.05, 3.63) is 42.1 Å². The molecule has 2 heterocycles. The number of para-hydroxylation sites is 1. The Hall–Kier alpha value is -2.43. The van der Waals surface area contributed by atoms with Gasteiger partial charge in [-0.1, -0.05) is 24.6 Å². The Bertz CT molecular complexity index is 724. The molecule has 0 atom stereocenters. The van der Waals surface area contributed by atoms with Crippen molar-refractivity contribution in [2.45, 2.75) is 32.1 Å². The van der Waals surface area contributed by atoms with Crippen LogP contribution in [0, 0.1) is 0 Å². The second-order valence-corrected chi connectivity index (χ2v) is 6.18. The number of hydrogen-bond donors (Lipinski definition) is 1. The number of pyridine rings is 1. The number of hydrogen-bond acceptors (Lipinski definition) is 3. The van der Waals surface area contributed by atoms with Gasteiger partial charge in [0.05, 0.1) is 11.1 Å². The van der Waals surface area contributed by atoms with E-state index in [1.807, 2.05) is 29.2 Å². The Morgan fingerprint density at radius 1 is 1.17 bits per heavy atom. The van der Waals surface area contributed by atoms with Gasteiger partial charge in [-0.05, 0) is 31.4 Å². The highest BCUT2D eigenvalue weighted by Gasteiger charge is 2.16. The predicted molar refractivity (Wildman–Crippen MR) is 93.7 cm³/mol. The monoisotopic (exact) mass is 325 g/mol. The van der Waals surface area contributed by atoms with Crippen molar-refractivity contribution in [1.82, 2.24) is 15.2 Å². The molecule has 1 saturated heterocycles. The van der Waals surface area contributed by atoms with Crippen molar-refractivity contribution in [1.29, 1.82) is 0 Å². The SMILES string of the molecule is O=C(NCCCN1CCCCCC1=O)c1ccnc2ccccc12. The molecule has 1 aliphatic heterocycles. The van der Waals surface area contributed by atoms with E-state index in [4.69, 9.17) is 0 Å². The van der Waals surface area contributed by atoms with Gasteiger partial charge in [-0.15, -0.1) is 0 Å². The zero-order chi connectivity index (χ0) is 16.8. The number of benzene rings is 1. The van der Waals surface area contributed by atoms with Crippen LogP contribution in [0.4, 0.5) is 0 Å². The van der Waals surface area contributed by atoms with E-state index in [1.54, 1.807) is 12.3 Å². The van der Waals surface area contributed by atoms with E-state index in [2.05, 4.69) is 10.3 Å². The fourth-order valence-corrected chi connectivity index (χ4v) is 3.14. The highest BCUT2D eigenvalue weighted by Crippen LogP contribution is 2.16. The second kappa shape index (κ2) is 7.90. The van der Waals surface area contributed by atoms with Crippen LogP contribution in [-0.4, -0.2) is 41.3 Å². The molecule has 1 aromatic heterocycles. The number of carbonyl (C=O) groups excluding carboxylic acids is 2. The molecule has 0 aliphatic carbocycles. The second-order valence-electron chi connectivity index (χ2n) is 6.18. The molecule has 2 aromatic rings. The van der Waals surface area contributed by atoms with Crippen LogP contribution in [0.15, 0.2) is 36.5 Å². The Morgan fingerprint density at radius 3 is 2.96 bits per heavy atom. The van der Waals surface area contributed by atoms with Crippen molar-refractivity contribution in [3.63, 3.8) is 0 Å². The molecule has 5 heteroatoms. The summed E-state index contributed by atoms with van der Waals surface area (Å²) in [6, 6.07) is 9.38. The summed E-state index contributed by atoms with van der Waals surface area (Å²) in [7, 11) is 0. The average Bonchev–Trinajstić information content (AvgIpc) is 2.82. The molecule has 0 saturated carbocycles. The zero-order valence-electron chi connectivity index (χ0n) is 13.8. The maximum atomic E-state index is 12.4. The molecule has 0 bridgehead atoms. The highest BCUT2D eigenvalue weighted by molar-refractivity contribution is 6.05. The van der Waals surface area contributed by atoms with E-state index in [-0.39, 0.29) is 11.8 Å². The van der Waals surface area contributed by atoms with Gasteiger partial charge in [0.25, 0.3) is 5.91 Å². The first-order chi connectivity index (χ1) is 11.8. The normalized spacial score (nSPS) is 15.3. The molecule has 24 heavy (non-hydrogen) atoms. The standard InChI is InChI=1S/C19H23N3O2/c23-18-9-2-1-5-13-22(18)14-6-11-21-19(24)16-10-12-20-17-8-4-3-7-15(16)17/h3-4,7-8,10,12H,1-2,5-6,9,11,13-14H2,(H,21,24). The van der Waals surface area contributed by atoms with Gasteiger partial charge in [0.2, 0.25) is 5.91 Å². The Balaban J connectivity index is 1.53. The minimum Gasteiger partial charge on any atom is -0.352 e. The molecule has 5 nitrogen and oxygen atoms in total. The van der Waals surface area contributed by atoms with E-state index in [9.17, 15) is 9.59 Å². The maximum Gasteiger partial charge on any atom is 0.252 e. The van der Waals surface area contributed by atoms with Crippen LogP contribution in [0.1, 0.15) is 42.5 Å². The number of amides is 2. The van der Waals surface area contributed by atoms with Gasteiger partial charge in [0.1, 0.15) is 0 Å². The summed E-state index contributed by atoms with van der Waals surface area (Å²) in [5, 5.41) is 3.82. The van der Waals surface area contributed by atoms with E-state index in [0.717, 1.165) is 49.7 Å². The Labute approximate surface area is 142 Å². The molecule has 0 spiro atoms. The molecule has 1 fully saturated rings. The van der Waals surface area contributed by atoms with Crippen molar-refractivity contribution >= 4 is 22.7 Å². The lowest BCUT2D eigenvalue weighted by molar-refractivity contribution is -0.130. The van der Waals surface area contributed by atoms with Crippen molar-refractivity contribution < 1.29 is 9.59 Å². The third-order valence-electron chi connectivity index (χ3n) is 4.46. The first kappa shape index (κ1) is 16.4. The summed E-state index contributed by atoms with van der Waals surface area (Å²) in [5.74, 6) is 0.162. The van der Waals surface area contributed by atoms with E-state index < -0.39 is 0 Å². The zero-order valence-corrected chi connectivity index (χ0v) is 13.8. The van der Waals surface area contributed by atoms with Gasteiger partial charge in [-0.3, -0.25) is 14.6 Å². The third kappa shape index (κ3) is 3.91. The van der Waals surface area contributed by atoms with Crippen molar-refractivity contribution in [3.8, 4) is 0 Å². The van der Waals surface area contributed by atoms with Crippen LogP contribution in [0.25, 0.3) is 10.9 Å². The molecule has 1 aliphatic rings. The third-order valence-corrected chi connectivity index (χ3v) is 4.46. The number of fused-ring (bicyclic) bond motifs is 1. The van der Waals surface area contributed by atoms with Gasteiger partial charge < -0.3 is 10.2 Å². The molecule has 2 amide bonds. The Morgan fingerprint density at radius 2 is 2.04 bits per heavy atom. The number of nitrogens with zero attached hydrogens (tertiary/aromatic N) is 2. The van der Waals surface area contributed by atoms with Crippen LogP contribution in [0.5, 0.6) is 0 Å². The lowest BCUT2D eigenvalue weighted by Crippen LogP contribution is -2.34. The van der Waals surface area contributed by atoms with E-state index >= 15 is 0 Å². The average molecular weight is 325 g/mol. The van der Waals surface area contributed by atoms with Crippen LogP contribution in [0.3, 0.4) is 0 Å². The van der Waals surface area contributed by atoms with Crippen LogP contribution < -0.4 is 5.32 Å². The first-order valence-corrected chi connectivity index (χ1v) is 8.65. The highest BCUT2D eigenvalue weighted by atomic mass is 16.2. The molecule has 3 rings (SSSR count). The minimum absolute atomic E-state index is 0.0872. The summed E-state index contributed by atoms with van der Waals surface area (Å²) in [4.78, 5) is 30.6. The van der Waals surface area contributed by atoms with Gasteiger partial charge in [-0.25, -0.2) is 0 Å².